The number of nitrogens with one attached hydrogen (secondary N) is 1. The van der Waals surface area contributed by atoms with E-state index in [1.807, 2.05) is 19.1 Å². The number of aryl methyl sites for hydroxylation is 1. The second kappa shape index (κ2) is 5.96. The van der Waals surface area contributed by atoms with Crippen LogP contribution in [0.1, 0.15) is 33.6 Å². The molecule has 0 saturated heterocycles. The lowest BCUT2D eigenvalue weighted by Crippen LogP contribution is -3.12. The van der Waals surface area contributed by atoms with Gasteiger partial charge in [-0.2, -0.15) is 4.52 Å². The van der Waals surface area contributed by atoms with Crippen LogP contribution in [0.2, 0.25) is 0 Å². The molecule has 2 atom stereocenters. The van der Waals surface area contributed by atoms with Gasteiger partial charge in [-0.15, -0.1) is 5.10 Å². The molecule has 0 bridgehead atoms. The van der Waals surface area contributed by atoms with Crippen molar-refractivity contribution in [3.8, 4) is 5.88 Å². The van der Waals surface area contributed by atoms with Crippen molar-refractivity contribution in [1.82, 2.24) is 14.6 Å². The van der Waals surface area contributed by atoms with Gasteiger partial charge in [0.25, 0.3) is 0 Å². The van der Waals surface area contributed by atoms with E-state index in [4.69, 9.17) is 4.42 Å². The fourth-order valence-corrected chi connectivity index (χ4v) is 5.02. The summed E-state index contributed by atoms with van der Waals surface area (Å²) in [4.78, 5) is 7.33. The molecule has 4 heterocycles. The van der Waals surface area contributed by atoms with E-state index >= 15 is 0 Å². The van der Waals surface area contributed by atoms with Gasteiger partial charge in [-0.05, 0) is 24.6 Å². The van der Waals surface area contributed by atoms with Crippen LogP contribution in [0.3, 0.4) is 0 Å². The number of furan rings is 1. The van der Waals surface area contributed by atoms with Crippen molar-refractivity contribution in [3.05, 3.63) is 70.3 Å². The average Bonchev–Trinajstić information content (AvgIpc) is 3.36. The number of hydrogen-bond acceptors (Lipinski definition) is 5. The van der Waals surface area contributed by atoms with Crippen LogP contribution in [0, 0.1) is 6.92 Å². The first kappa shape index (κ1) is 15.6. The summed E-state index contributed by atoms with van der Waals surface area (Å²) in [5.41, 5.74) is 2.78. The number of aromatic hydroxyl groups is 1. The molecule has 0 fully saturated rings. The second-order valence-corrected chi connectivity index (χ2v) is 7.70. The Balaban J connectivity index is 1.60. The van der Waals surface area contributed by atoms with Gasteiger partial charge < -0.3 is 14.4 Å². The van der Waals surface area contributed by atoms with E-state index in [1.165, 1.54) is 31.9 Å². The Morgan fingerprint density at radius 2 is 2.08 bits per heavy atom. The van der Waals surface area contributed by atoms with Crippen molar-refractivity contribution < 1.29 is 14.4 Å². The molecule has 0 radical (unpaired) electrons. The minimum absolute atomic E-state index is 0.0767. The fourth-order valence-electron chi connectivity index (χ4n) is 3.86. The van der Waals surface area contributed by atoms with Gasteiger partial charge in [-0.3, -0.25) is 0 Å². The van der Waals surface area contributed by atoms with Crippen LogP contribution in [0.5, 0.6) is 5.88 Å². The minimum atomic E-state index is -0.0767. The zero-order chi connectivity index (χ0) is 17.7. The Labute approximate surface area is 154 Å². The standard InChI is InChI=1S/C19H18N4O2S/c1-12-20-19-23(21-12)18(24)17(26-19)16(15-7-4-10-25-15)22-9-8-13-5-2-3-6-14(13)11-22/h2-7,10,16,24H,8-9,11H2,1H3/p+1/t16-/m1/s1. The molecule has 1 aromatic carbocycles. The molecule has 1 aliphatic heterocycles. The van der Waals surface area contributed by atoms with Gasteiger partial charge in [-0.1, -0.05) is 35.6 Å². The first-order valence-corrected chi connectivity index (χ1v) is 9.52. The highest BCUT2D eigenvalue weighted by molar-refractivity contribution is 7.17. The molecule has 0 amide bonds. The van der Waals surface area contributed by atoms with E-state index in [0.29, 0.717) is 10.8 Å². The summed E-state index contributed by atoms with van der Waals surface area (Å²) in [6.07, 6.45) is 2.71. The van der Waals surface area contributed by atoms with Crippen molar-refractivity contribution in [2.75, 3.05) is 6.54 Å². The topological polar surface area (TPSA) is 68.0 Å². The third kappa shape index (κ3) is 2.43. The zero-order valence-corrected chi connectivity index (χ0v) is 15.2. The lowest BCUT2D eigenvalue weighted by atomic mass is 9.97. The summed E-state index contributed by atoms with van der Waals surface area (Å²) in [6.45, 7) is 3.71. The summed E-state index contributed by atoms with van der Waals surface area (Å²) in [7, 11) is 0. The number of thiazole rings is 1. The number of fused-ring (bicyclic) bond motifs is 2. The molecule has 3 aromatic heterocycles. The van der Waals surface area contributed by atoms with E-state index in [1.54, 1.807) is 6.26 Å². The molecule has 4 aromatic rings. The molecular formula is C19H19N4O2S+. The van der Waals surface area contributed by atoms with Crippen LogP contribution in [0.15, 0.2) is 47.1 Å². The van der Waals surface area contributed by atoms with Crippen molar-refractivity contribution in [1.29, 1.82) is 0 Å². The van der Waals surface area contributed by atoms with Gasteiger partial charge in [0.2, 0.25) is 10.8 Å². The maximum Gasteiger partial charge on any atom is 0.235 e. The van der Waals surface area contributed by atoms with Crippen LogP contribution in [-0.2, 0) is 13.0 Å². The number of hydrogen-bond donors (Lipinski definition) is 2. The van der Waals surface area contributed by atoms with Crippen molar-refractivity contribution in [2.45, 2.75) is 25.9 Å². The highest BCUT2D eigenvalue weighted by atomic mass is 32.1. The van der Waals surface area contributed by atoms with E-state index in [0.717, 1.165) is 30.1 Å². The van der Waals surface area contributed by atoms with Gasteiger partial charge in [0, 0.05) is 12.0 Å². The fraction of sp³-hybridized carbons (Fsp3) is 0.263. The van der Waals surface area contributed by atoms with Gasteiger partial charge in [0.15, 0.2) is 11.8 Å². The van der Waals surface area contributed by atoms with Crippen LogP contribution in [0.4, 0.5) is 0 Å². The number of aromatic nitrogens is 3. The van der Waals surface area contributed by atoms with Crippen LogP contribution >= 0.6 is 11.3 Å². The quantitative estimate of drug-likeness (QED) is 0.582. The molecule has 26 heavy (non-hydrogen) atoms. The first-order chi connectivity index (χ1) is 12.7. The molecule has 1 unspecified atom stereocenters. The predicted octanol–water partition coefficient (Wildman–Crippen LogP) is 2.13. The molecule has 0 saturated carbocycles. The molecule has 0 spiro atoms. The third-order valence-corrected chi connectivity index (χ3v) is 6.14. The Bertz CT molecular complexity index is 1070. The van der Waals surface area contributed by atoms with Crippen molar-refractivity contribution >= 4 is 16.3 Å². The summed E-state index contributed by atoms with van der Waals surface area (Å²) in [5.74, 6) is 1.68. The van der Waals surface area contributed by atoms with Gasteiger partial charge in [-0.25, -0.2) is 4.98 Å². The largest absolute Gasteiger partial charge is 0.492 e. The van der Waals surface area contributed by atoms with Crippen LogP contribution < -0.4 is 4.90 Å². The molecular weight excluding hydrogens is 348 g/mol. The Morgan fingerprint density at radius 1 is 1.23 bits per heavy atom. The van der Waals surface area contributed by atoms with Crippen LogP contribution in [0.25, 0.3) is 4.96 Å². The number of quaternary nitrogens is 1. The Kier molecular flexibility index (Phi) is 3.58. The lowest BCUT2D eigenvalue weighted by Gasteiger charge is -2.31. The average molecular weight is 367 g/mol. The van der Waals surface area contributed by atoms with Crippen LogP contribution in [-0.4, -0.2) is 26.2 Å². The number of benzene rings is 1. The predicted molar refractivity (Wildman–Crippen MR) is 97.5 cm³/mol. The summed E-state index contributed by atoms with van der Waals surface area (Å²) < 4.78 is 7.30. The second-order valence-electron chi connectivity index (χ2n) is 6.70. The first-order valence-electron chi connectivity index (χ1n) is 8.70. The van der Waals surface area contributed by atoms with E-state index in [9.17, 15) is 5.11 Å². The molecule has 1 aliphatic rings. The van der Waals surface area contributed by atoms with Gasteiger partial charge in [0.05, 0.1) is 12.8 Å². The Hall–Kier alpha value is -2.64. The van der Waals surface area contributed by atoms with Gasteiger partial charge in [0.1, 0.15) is 17.2 Å². The maximum atomic E-state index is 10.8. The molecule has 6 nitrogen and oxygen atoms in total. The monoisotopic (exact) mass is 367 g/mol. The van der Waals surface area contributed by atoms with E-state index in [2.05, 4.69) is 34.3 Å². The molecule has 7 heteroatoms. The normalized spacial score (nSPS) is 18.1. The molecule has 0 aliphatic carbocycles. The van der Waals surface area contributed by atoms with E-state index in [-0.39, 0.29) is 11.9 Å². The number of nitrogens with zero attached hydrogens (tertiary/aromatic N) is 3. The summed E-state index contributed by atoms with van der Waals surface area (Å²) in [6, 6.07) is 12.4. The zero-order valence-electron chi connectivity index (χ0n) is 14.3. The van der Waals surface area contributed by atoms with Gasteiger partial charge >= 0.3 is 0 Å². The number of rotatable bonds is 3. The minimum Gasteiger partial charge on any atom is -0.492 e. The SMILES string of the molecule is Cc1nc2sc([C@@H](c3ccco3)[NH+]3CCc4ccccc4C3)c(O)n2n1. The summed E-state index contributed by atoms with van der Waals surface area (Å²) >= 11 is 1.48. The highest BCUT2D eigenvalue weighted by Crippen LogP contribution is 2.35. The molecule has 5 rings (SSSR count). The molecule has 132 valence electrons. The lowest BCUT2D eigenvalue weighted by molar-refractivity contribution is -0.941. The summed E-state index contributed by atoms with van der Waals surface area (Å²) in [5, 5.41) is 15.1. The molecule has 2 N–H and O–H groups in total. The Morgan fingerprint density at radius 3 is 2.85 bits per heavy atom. The van der Waals surface area contributed by atoms with Crippen molar-refractivity contribution in [2.24, 2.45) is 0 Å². The smallest absolute Gasteiger partial charge is 0.235 e. The third-order valence-electron chi connectivity index (χ3n) is 5.06. The van der Waals surface area contributed by atoms with E-state index < -0.39 is 0 Å². The van der Waals surface area contributed by atoms with Crippen molar-refractivity contribution in [3.63, 3.8) is 0 Å². The highest BCUT2D eigenvalue weighted by Gasteiger charge is 2.36. The maximum absolute atomic E-state index is 10.8.